The summed E-state index contributed by atoms with van der Waals surface area (Å²) in [4.78, 5) is 23.1. The number of nitrogens with zero attached hydrogens (tertiary/aromatic N) is 3. The van der Waals surface area contributed by atoms with Crippen LogP contribution in [0.2, 0.25) is 0 Å². The minimum absolute atomic E-state index is 0.0264. The number of carbonyl (C=O) groups is 1. The Morgan fingerprint density at radius 1 is 1.43 bits per heavy atom. The predicted molar refractivity (Wildman–Crippen MR) is 87.2 cm³/mol. The molecule has 2 aromatic rings. The minimum Gasteiger partial charge on any atom is -0.345 e. The van der Waals surface area contributed by atoms with Crippen molar-refractivity contribution in [3.63, 3.8) is 0 Å². The van der Waals surface area contributed by atoms with Crippen molar-refractivity contribution in [1.82, 2.24) is 14.9 Å². The summed E-state index contributed by atoms with van der Waals surface area (Å²) < 4.78 is 0. The summed E-state index contributed by atoms with van der Waals surface area (Å²) in [7, 11) is 3.47. The van der Waals surface area contributed by atoms with Crippen molar-refractivity contribution in [2.45, 2.75) is 20.3 Å². The van der Waals surface area contributed by atoms with Crippen LogP contribution in [0.25, 0.3) is 16.6 Å². The molecule has 5 heteroatoms. The van der Waals surface area contributed by atoms with Crippen LogP contribution in [0.3, 0.4) is 0 Å². The van der Waals surface area contributed by atoms with E-state index in [1.165, 1.54) is 0 Å². The molecule has 0 atom stereocenters. The quantitative estimate of drug-likeness (QED) is 0.815. The van der Waals surface area contributed by atoms with E-state index in [9.17, 15) is 4.79 Å². The first-order valence-electron chi connectivity index (χ1n) is 6.83. The molecule has 0 aliphatic rings. The van der Waals surface area contributed by atoms with Crippen LogP contribution in [-0.4, -0.2) is 34.9 Å². The van der Waals surface area contributed by atoms with E-state index in [1.54, 1.807) is 36.4 Å². The van der Waals surface area contributed by atoms with E-state index in [1.807, 2.05) is 25.3 Å². The third kappa shape index (κ3) is 3.76. The standard InChI is InChI=1S/C16H19N3OS/c1-5-13-10-12(8-9-17-13)16-18-11(2)14(21-16)6-7-15(20)19(3)4/h6-10H,5H2,1-4H3. The van der Waals surface area contributed by atoms with Crippen molar-refractivity contribution in [2.24, 2.45) is 0 Å². The fourth-order valence-corrected chi connectivity index (χ4v) is 2.75. The molecule has 0 saturated carbocycles. The third-order valence-corrected chi connectivity index (χ3v) is 4.25. The van der Waals surface area contributed by atoms with Gasteiger partial charge in [0.15, 0.2) is 0 Å². The molecule has 4 nitrogen and oxygen atoms in total. The molecule has 21 heavy (non-hydrogen) atoms. The molecule has 2 heterocycles. The summed E-state index contributed by atoms with van der Waals surface area (Å²) in [5, 5.41) is 0.960. The molecular formula is C16H19N3OS. The van der Waals surface area contributed by atoms with Gasteiger partial charge in [-0.2, -0.15) is 0 Å². The van der Waals surface area contributed by atoms with E-state index in [-0.39, 0.29) is 5.91 Å². The van der Waals surface area contributed by atoms with E-state index < -0.39 is 0 Å². The second kappa shape index (κ2) is 6.63. The van der Waals surface area contributed by atoms with Gasteiger partial charge in [-0.05, 0) is 31.6 Å². The SMILES string of the molecule is CCc1cc(-c2nc(C)c(C=CC(=O)N(C)C)s2)ccn1. The molecule has 0 unspecified atom stereocenters. The predicted octanol–water partition coefficient (Wildman–Crippen LogP) is 3.18. The Kier molecular flexibility index (Phi) is 4.85. The average Bonchev–Trinajstić information content (AvgIpc) is 2.86. The fourth-order valence-electron chi connectivity index (χ4n) is 1.79. The highest BCUT2D eigenvalue weighted by Crippen LogP contribution is 2.29. The summed E-state index contributed by atoms with van der Waals surface area (Å²) in [5.74, 6) is -0.0264. The van der Waals surface area contributed by atoms with Crippen molar-refractivity contribution in [2.75, 3.05) is 14.1 Å². The summed E-state index contributed by atoms with van der Waals surface area (Å²) in [6.45, 7) is 4.04. The van der Waals surface area contributed by atoms with Gasteiger partial charge in [0, 0.05) is 37.6 Å². The molecule has 110 valence electrons. The van der Waals surface area contributed by atoms with Crippen LogP contribution in [0.4, 0.5) is 0 Å². The third-order valence-electron chi connectivity index (χ3n) is 3.08. The van der Waals surface area contributed by atoms with E-state index >= 15 is 0 Å². The number of amides is 1. The molecule has 0 radical (unpaired) electrons. The van der Waals surface area contributed by atoms with Crippen molar-refractivity contribution < 1.29 is 4.79 Å². The van der Waals surface area contributed by atoms with E-state index in [2.05, 4.69) is 23.0 Å². The molecule has 2 aromatic heterocycles. The van der Waals surface area contributed by atoms with Crippen LogP contribution >= 0.6 is 11.3 Å². The van der Waals surface area contributed by atoms with Gasteiger partial charge >= 0.3 is 0 Å². The molecule has 0 bridgehead atoms. The normalized spacial score (nSPS) is 11.0. The van der Waals surface area contributed by atoms with Gasteiger partial charge in [-0.25, -0.2) is 4.98 Å². The molecule has 2 rings (SSSR count). The maximum atomic E-state index is 11.6. The highest BCUT2D eigenvalue weighted by molar-refractivity contribution is 7.16. The highest BCUT2D eigenvalue weighted by atomic mass is 32.1. The number of hydrogen-bond acceptors (Lipinski definition) is 4. The molecule has 1 amide bonds. The lowest BCUT2D eigenvalue weighted by atomic mass is 10.2. The first-order chi connectivity index (χ1) is 10.0. The van der Waals surface area contributed by atoms with Crippen molar-refractivity contribution in [3.8, 4) is 10.6 Å². The molecule has 0 aliphatic heterocycles. The number of rotatable bonds is 4. The summed E-state index contributed by atoms with van der Waals surface area (Å²) >= 11 is 1.59. The zero-order chi connectivity index (χ0) is 15.4. The smallest absolute Gasteiger partial charge is 0.246 e. The lowest BCUT2D eigenvalue weighted by Gasteiger charge is -2.04. The second-order valence-electron chi connectivity index (χ2n) is 4.92. The minimum atomic E-state index is -0.0264. The molecule has 0 aliphatic carbocycles. The Hall–Kier alpha value is -2.01. The molecular weight excluding hydrogens is 282 g/mol. The number of thiazole rings is 1. The lowest BCUT2D eigenvalue weighted by Crippen LogP contribution is -2.18. The van der Waals surface area contributed by atoms with E-state index in [4.69, 9.17) is 0 Å². The fraction of sp³-hybridized carbons (Fsp3) is 0.312. The van der Waals surface area contributed by atoms with Crippen molar-refractivity contribution in [1.29, 1.82) is 0 Å². The lowest BCUT2D eigenvalue weighted by molar-refractivity contribution is -0.123. The molecule has 0 spiro atoms. The number of hydrogen-bond donors (Lipinski definition) is 0. The molecule has 0 saturated heterocycles. The average molecular weight is 301 g/mol. The van der Waals surface area contributed by atoms with Gasteiger partial charge < -0.3 is 4.90 Å². The maximum absolute atomic E-state index is 11.6. The Morgan fingerprint density at radius 3 is 2.86 bits per heavy atom. The molecule has 0 N–H and O–H groups in total. The maximum Gasteiger partial charge on any atom is 0.246 e. The van der Waals surface area contributed by atoms with Gasteiger partial charge in [0.05, 0.1) is 10.6 Å². The van der Waals surface area contributed by atoms with E-state index in [0.717, 1.165) is 33.3 Å². The van der Waals surface area contributed by atoms with Crippen LogP contribution in [0.5, 0.6) is 0 Å². The van der Waals surface area contributed by atoms with Gasteiger partial charge in [0.1, 0.15) is 5.01 Å². The van der Waals surface area contributed by atoms with E-state index in [0.29, 0.717) is 0 Å². The zero-order valence-corrected chi connectivity index (χ0v) is 13.6. The van der Waals surface area contributed by atoms with Crippen LogP contribution < -0.4 is 0 Å². The largest absolute Gasteiger partial charge is 0.345 e. The van der Waals surface area contributed by atoms with Gasteiger partial charge in [-0.3, -0.25) is 9.78 Å². The Balaban J connectivity index is 2.28. The first kappa shape index (κ1) is 15.4. The van der Waals surface area contributed by atoms with Gasteiger partial charge in [-0.15, -0.1) is 11.3 Å². The Labute approximate surface area is 129 Å². The second-order valence-corrected chi connectivity index (χ2v) is 5.95. The molecule has 0 fully saturated rings. The van der Waals surface area contributed by atoms with Crippen LogP contribution in [0, 0.1) is 6.92 Å². The number of likely N-dealkylation sites (N-methyl/N-ethyl adjacent to an activating group) is 1. The number of carbonyl (C=O) groups excluding carboxylic acids is 1. The van der Waals surface area contributed by atoms with Crippen molar-refractivity contribution in [3.05, 3.63) is 40.7 Å². The van der Waals surface area contributed by atoms with Gasteiger partial charge in [-0.1, -0.05) is 6.92 Å². The van der Waals surface area contributed by atoms with Gasteiger partial charge in [0.2, 0.25) is 5.91 Å². The summed E-state index contributed by atoms with van der Waals surface area (Å²) in [6, 6.07) is 4.03. The Morgan fingerprint density at radius 2 is 2.19 bits per heavy atom. The van der Waals surface area contributed by atoms with Crippen LogP contribution in [-0.2, 0) is 11.2 Å². The summed E-state index contributed by atoms with van der Waals surface area (Å²) in [5.41, 5.74) is 3.07. The topological polar surface area (TPSA) is 46.1 Å². The highest BCUT2D eigenvalue weighted by Gasteiger charge is 2.09. The molecule has 0 aromatic carbocycles. The first-order valence-corrected chi connectivity index (χ1v) is 7.65. The Bertz CT molecular complexity index is 674. The zero-order valence-electron chi connectivity index (χ0n) is 12.8. The number of pyridine rings is 1. The van der Waals surface area contributed by atoms with Crippen LogP contribution in [0.1, 0.15) is 23.2 Å². The van der Waals surface area contributed by atoms with Crippen LogP contribution in [0.15, 0.2) is 24.4 Å². The monoisotopic (exact) mass is 301 g/mol. The van der Waals surface area contributed by atoms with Crippen molar-refractivity contribution >= 4 is 23.3 Å². The number of aryl methyl sites for hydroxylation is 2. The van der Waals surface area contributed by atoms with Gasteiger partial charge in [0.25, 0.3) is 0 Å². The number of aromatic nitrogens is 2. The summed E-state index contributed by atoms with van der Waals surface area (Å²) in [6.07, 6.45) is 6.13.